The Hall–Kier alpha value is -1.50. The molecule has 2 aromatic rings. The number of fused-ring (bicyclic) bond motifs is 1. The zero-order chi connectivity index (χ0) is 13.1. The average Bonchev–Trinajstić information content (AvgIpc) is 2.46. The summed E-state index contributed by atoms with van der Waals surface area (Å²) < 4.78 is 5.30. The molecule has 108 valence electrons. The third kappa shape index (κ3) is 3.33. The Morgan fingerprint density at radius 2 is 2.00 bits per heavy atom. The number of halogens is 1. The average molecular weight is 297 g/mol. The highest BCUT2D eigenvalue weighted by Gasteiger charge is 2.13. The van der Waals surface area contributed by atoms with Gasteiger partial charge in [0, 0.05) is 37.2 Å². The summed E-state index contributed by atoms with van der Waals surface area (Å²) in [5, 5.41) is 15.8. The second-order valence-electron chi connectivity index (χ2n) is 4.59. The number of hydrogen-bond acceptors (Lipinski definition) is 5. The SMILES string of the molecule is Cl.[O-][n+]1nc(CCN2CCOCC2)nc2ccccc21. The van der Waals surface area contributed by atoms with Crippen LogP contribution in [0.1, 0.15) is 5.82 Å². The Morgan fingerprint density at radius 1 is 1.25 bits per heavy atom. The van der Waals surface area contributed by atoms with E-state index < -0.39 is 0 Å². The standard InChI is InChI=1S/C13H16N4O2.ClH/c18-17-12-4-2-1-3-11(12)14-13(15-17)5-6-16-7-9-19-10-8-16;/h1-4H,5-10H2;1H. The number of hydrogen-bond donors (Lipinski definition) is 0. The molecule has 1 aliphatic rings. The van der Waals surface area contributed by atoms with Gasteiger partial charge in [-0.05, 0) is 10.9 Å². The Balaban J connectivity index is 0.00000147. The number of rotatable bonds is 3. The van der Waals surface area contributed by atoms with Crippen molar-refractivity contribution in [1.29, 1.82) is 0 Å². The third-order valence-corrected chi connectivity index (χ3v) is 3.30. The summed E-state index contributed by atoms with van der Waals surface area (Å²) >= 11 is 0. The van der Waals surface area contributed by atoms with Crippen molar-refractivity contribution in [2.45, 2.75) is 6.42 Å². The number of nitrogens with zero attached hydrogens (tertiary/aromatic N) is 4. The van der Waals surface area contributed by atoms with Gasteiger partial charge in [0.2, 0.25) is 0 Å². The zero-order valence-corrected chi connectivity index (χ0v) is 11.9. The van der Waals surface area contributed by atoms with E-state index in [-0.39, 0.29) is 12.4 Å². The van der Waals surface area contributed by atoms with E-state index in [0.29, 0.717) is 28.1 Å². The first-order valence-corrected chi connectivity index (χ1v) is 6.48. The Kier molecular flexibility index (Phi) is 5.05. The van der Waals surface area contributed by atoms with Crippen LogP contribution in [0.2, 0.25) is 0 Å². The molecule has 20 heavy (non-hydrogen) atoms. The van der Waals surface area contributed by atoms with Gasteiger partial charge in [0.05, 0.1) is 13.2 Å². The Morgan fingerprint density at radius 3 is 2.80 bits per heavy atom. The lowest BCUT2D eigenvalue weighted by atomic mass is 10.3. The maximum Gasteiger partial charge on any atom is 0.270 e. The van der Waals surface area contributed by atoms with E-state index in [9.17, 15) is 5.21 Å². The van der Waals surface area contributed by atoms with Crippen molar-refractivity contribution in [2.75, 3.05) is 32.8 Å². The van der Waals surface area contributed by atoms with Gasteiger partial charge in [-0.3, -0.25) is 4.90 Å². The first-order valence-electron chi connectivity index (χ1n) is 6.48. The van der Waals surface area contributed by atoms with Crippen molar-refractivity contribution in [3.05, 3.63) is 35.3 Å². The van der Waals surface area contributed by atoms with Crippen LogP contribution in [-0.2, 0) is 11.2 Å². The lowest BCUT2D eigenvalue weighted by molar-refractivity contribution is -0.644. The Bertz CT molecular complexity index is 575. The predicted molar refractivity (Wildman–Crippen MR) is 76.7 cm³/mol. The monoisotopic (exact) mass is 296 g/mol. The van der Waals surface area contributed by atoms with Crippen LogP contribution in [0.4, 0.5) is 0 Å². The van der Waals surface area contributed by atoms with Crippen LogP contribution in [0.5, 0.6) is 0 Å². The smallest absolute Gasteiger partial charge is 0.270 e. The molecular weight excluding hydrogens is 280 g/mol. The summed E-state index contributed by atoms with van der Waals surface area (Å²) in [5.74, 6) is 0.597. The van der Waals surface area contributed by atoms with Crippen molar-refractivity contribution in [1.82, 2.24) is 15.0 Å². The third-order valence-electron chi connectivity index (χ3n) is 3.30. The molecule has 6 nitrogen and oxygen atoms in total. The van der Waals surface area contributed by atoms with Gasteiger partial charge in [-0.2, -0.15) is 0 Å². The molecule has 0 spiro atoms. The second kappa shape index (κ2) is 6.78. The van der Waals surface area contributed by atoms with Crippen LogP contribution >= 0.6 is 12.4 Å². The summed E-state index contributed by atoms with van der Waals surface area (Å²) in [7, 11) is 0. The summed E-state index contributed by atoms with van der Waals surface area (Å²) in [6, 6.07) is 7.26. The topological polar surface area (TPSA) is 65.2 Å². The van der Waals surface area contributed by atoms with Crippen LogP contribution < -0.4 is 4.85 Å². The minimum absolute atomic E-state index is 0. The normalized spacial score (nSPS) is 16.0. The number of para-hydroxylation sites is 2. The van der Waals surface area contributed by atoms with E-state index in [1.165, 1.54) is 0 Å². The molecule has 0 radical (unpaired) electrons. The number of ether oxygens (including phenoxy) is 1. The molecular formula is C13H17ClN4O2. The van der Waals surface area contributed by atoms with Crippen molar-refractivity contribution < 1.29 is 9.58 Å². The van der Waals surface area contributed by atoms with Crippen LogP contribution in [0.3, 0.4) is 0 Å². The molecule has 1 saturated heterocycles. The zero-order valence-electron chi connectivity index (χ0n) is 11.1. The highest BCUT2D eigenvalue weighted by atomic mass is 35.5. The molecule has 0 amide bonds. The van der Waals surface area contributed by atoms with E-state index in [1.807, 2.05) is 18.2 Å². The fourth-order valence-electron chi connectivity index (χ4n) is 2.23. The summed E-state index contributed by atoms with van der Waals surface area (Å²) in [6.07, 6.45) is 0.688. The lowest BCUT2D eigenvalue weighted by Crippen LogP contribution is -2.39. The maximum absolute atomic E-state index is 11.8. The number of aromatic nitrogens is 3. The van der Waals surface area contributed by atoms with E-state index in [4.69, 9.17) is 4.74 Å². The summed E-state index contributed by atoms with van der Waals surface area (Å²) in [4.78, 5) is 7.40. The maximum atomic E-state index is 11.8. The van der Waals surface area contributed by atoms with Gasteiger partial charge in [0.15, 0.2) is 5.82 Å². The fraction of sp³-hybridized carbons (Fsp3) is 0.462. The second-order valence-corrected chi connectivity index (χ2v) is 4.59. The Labute approximate surface area is 123 Å². The van der Waals surface area contributed by atoms with Crippen LogP contribution in [0.25, 0.3) is 11.0 Å². The van der Waals surface area contributed by atoms with Crippen LogP contribution in [0, 0.1) is 5.21 Å². The van der Waals surface area contributed by atoms with Gasteiger partial charge in [0.1, 0.15) is 5.52 Å². The van der Waals surface area contributed by atoms with E-state index >= 15 is 0 Å². The highest BCUT2D eigenvalue weighted by Crippen LogP contribution is 2.06. The minimum atomic E-state index is 0. The van der Waals surface area contributed by atoms with Gasteiger partial charge in [-0.15, -0.1) is 12.4 Å². The van der Waals surface area contributed by atoms with Crippen molar-refractivity contribution in [3.63, 3.8) is 0 Å². The van der Waals surface area contributed by atoms with Gasteiger partial charge in [-0.1, -0.05) is 12.1 Å². The fourth-order valence-corrected chi connectivity index (χ4v) is 2.23. The molecule has 0 bridgehead atoms. The van der Waals surface area contributed by atoms with Crippen molar-refractivity contribution in [3.8, 4) is 0 Å². The quantitative estimate of drug-likeness (QED) is 0.612. The van der Waals surface area contributed by atoms with Crippen molar-refractivity contribution >= 4 is 23.4 Å². The van der Waals surface area contributed by atoms with E-state index in [0.717, 1.165) is 32.8 Å². The molecule has 0 aliphatic carbocycles. The van der Waals surface area contributed by atoms with Crippen LogP contribution in [-0.4, -0.2) is 47.8 Å². The van der Waals surface area contributed by atoms with Crippen LogP contribution in [0.15, 0.2) is 24.3 Å². The summed E-state index contributed by atoms with van der Waals surface area (Å²) in [5.41, 5.74) is 1.21. The first kappa shape index (κ1) is 14.9. The van der Waals surface area contributed by atoms with Gasteiger partial charge in [-0.25, -0.2) is 4.98 Å². The minimum Gasteiger partial charge on any atom is -0.594 e. The molecule has 1 aliphatic heterocycles. The summed E-state index contributed by atoms with van der Waals surface area (Å²) in [6.45, 7) is 4.29. The van der Waals surface area contributed by atoms with Crippen molar-refractivity contribution in [2.24, 2.45) is 0 Å². The number of morpholine rings is 1. The largest absolute Gasteiger partial charge is 0.594 e. The van der Waals surface area contributed by atoms with Gasteiger partial charge in [0.25, 0.3) is 5.52 Å². The molecule has 1 aromatic carbocycles. The molecule has 0 unspecified atom stereocenters. The predicted octanol–water partition coefficient (Wildman–Crippen LogP) is 0.560. The van der Waals surface area contributed by atoms with Gasteiger partial charge < -0.3 is 9.94 Å². The number of benzene rings is 1. The lowest BCUT2D eigenvalue weighted by Gasteiger charge is -2.25. The molecule has 1 fully saturated rings. The molecule has 0 N–H and O–H groups in total. The highest BCUT2D eigenvalue weighted by molar-refractivity contribution is 5.85. The molecule has 1 aromatic heterocycles. The first-order chi connectivity index (χ1) is 9.33. The molecule has 0 saturated carbocycles. The van der Waals surface area contributed by atoms with Gasteiger partial charge >= 0.3 is 0 Å². The molecule has 2 heterocycles. The molecule has 0 atom stereocenters. The van der Waals surface area contributed by atoms with E-state index in [1.54, 1.807) is 6.07 Å². The van der Waals surface area contributed by atoms with E-state index in [2.05, 4.69) is 15.0 Å². The molecule has 7 heteroatoms. The molecule has 3 rings (SSSR count).